The van der Waals surface area contributed by atoms with E-state index in [1.807, 2.05) is 0 Å². The van der Waals surface area contributed by atoms with E-state index in [4.69, 9.17) is 0 Å². The maximum atomic E-state index is 2.41. The molecule has 0 aromatic heterocycles. The third-order valence-electron chi connectivity index (χ3n) is 4.97. The Morgan fingerprint density at radius 3 is 2.13 bits per heavy atom. The normalized spacial score (nSPS) is 15.0. The summed E-state index contributed by atoms with van der Waals surface area (Å²) in [6.07, 6.45) is 0. The number of aryl methyl sites for hydroxylation is 1. The van der Waals surface area contributed by atoms with Gasteiger partial charge < -0.3 is 4.90 Å². The maximum Gasteiger partial charge on any atom is 0.0531 e. The Morgan fingerprint density at radius 1 is 0.696 bits per heavy atom. The van der Waals surface area contributed by atoms with Crippen LogP contribution in [-0.4, -0.2) is 0 Å². The van der Waals surface area contributed by atoms with E-state index >= 15 is 0 Å². The van der Waals surface area contributed by atoms with Gasteiger partial charge in [0.05, 0.1) is 11.4 Å². The molecule has 3 aromatic rings. The highest BCUT2D eigenvalue weighted by atomic mass is 15.2. The van der Waals surface area contributed by atoms with E-state index in [1.165, 1.54) is 33.8 Å². The van der Waals surface area contributed by atoms with Crippen molar-refractivity contribution in [3.63, 3.8) is 0 Å². The van der Waals surface area contributed by atoms with Crippen LogP contribution in [0.25, 0.3) is 0 Å². The van der Waals surface area contributed by atoms with E-state index in [2.05, 4.69) is 98.5 Å². The summed E-state index contributed by atoms with van der Waals surface area (Å²) in [7, 11) is 0. The first-order valence-electron chi connectivity index (χ1n) is 8.15. The number of fused-ring (bicyclic) bond motifs is 2. The molecule has 114 valence electrons. The van der Waals surface area contributed by atoms with Crippen molar-refractivity contribution >= 4 is 17.1 Å². The van der Waals surface area contributed by atoms with Gasteiger partial charge >= 0.3 is 0 Å². The first kappa shape index (κ1) is 14.1. The molecular weight excluding hydrogens is 278 g/mol. The second-order valence-electron chi connectivity index (χ2n) is 6.78. The van der Waals surface area contributed by atoms with Crippen LogP contribution in [0.15, 0.2) is 72.8 Å². The molecule has 0 radical (unpaired) electrons. The Labute approximate surface area is 138 Å². The molecule has 0 saturated carbocycles. The molecule has 23 heavy (non-hydrogen) atoms. The molecule has 0 saturated heterocycles. The van der Waals surface area contributed by atoms with Gasteiger partial charge in [-0.2, -0.15) is 0 Å². The van der Waals surface area contributed by atoms with Gasteiger partial charge in [0.15, 0.2) is 0 Å². The minimum atomic E-state index is 0.00320. The highest BCUT2D eigenvalue weighted by Gasteiger charge is 2.37. The van der Waals surface area contributed by atoms with Crippen molar-refractivity contribution in [1.82, 2.24) is 0 Å². The number of para-hydroxylation sites is 3. The third kappa shape index (κ3) is 2.00. The lowest BCUT2D eigenvalue weighted by Gasteiger charge is -2.42. The van der Waals surface area contributed by atoms with Gasteiger partial charge in [0.2, 0.25) is 0 Å². The Kier molecular flexibility index (Phi) is 3.05. The van der Waals surface area contributed by atoms with E-state index in [1.54, 1.807) is 0 Å². The molecule has 0 bridgehead atoms. The van der Waals surface area contributed by atoms with Crippen LogP contribution in [0.3, 0.4) is 0 Å². The lowest BCUT2D eigenvalue weighted by molar-refractivity contribution is 0.631. The van der Waals surface area contributed by atoms with Gasteiger partial charge in [0.25, 0.3) is 0 Å². The number of anilines is 3. The highest BCUT2D eigenvalue weighted by Crippen LogP contribution is 2.52. The monoisotopic (exact) mass is 299 g/mol. The quantitative estimate of drug-likeness (QED) is 0.524. The number of hydrogen-bond acceptors (Lipinski definition) is 1. The summed E-state index contributed by atoms with van der Waals surface area (Å²) in [5.74, 6) is 0. The lowest BCUT2D eigenvalue weighted by atomic mass is 9.73. The summed E-state index contributed by atoms with van der Waals surface area (Å²) < 4.78 is 0. The molecule has 0 aliphatic carbocycles. The fraction of sp³-hybridized carbons (Fsp3) is 0.182. The topological polar surface area (TPSA) is 3.24 Å². The maximum absolute atomic E-state index is 2.41. The van der Waals surface area contributed by atoms with Crippen LogP contribution in [0.4, 0.5) is 17.1 Å². The standard InChI is InChI=1S/C22H21N/c1-16-10-9-14-19-21(16)23(17-11-5-4-6-12-17)20-15-8-7-13-18(20)22(19,2)3/h4-15H,1-3H3. The van der Waals surface area contributed by atoms with Crippen LogP contribution < -0.4 is 4.90 Å². The Bertz CT molecular complexity index is 862. The predicted octanol–water partition coefficient (Wildman–Crippen LogP) is 6.10. The van der Waals surface area contributed by atoms with Crippen LogP contribution in [-0.2, 0) is 5.41 Å². The molecule has 0 spiro atoms. The smallest absolute Gasteiger partial charge is 0.0531 e. The summed E-state index contributed by atoms with van der Waals surface area (Å²) >= 11 is 0. The van der Waals surface area contributed by atoms with Crippen molar-refractivity contribution in [2.24, 2.45) is 0 Å². The fourth-order valence-corrected chi connectivity index (χ4v) is 3.77. The number of nitrogens with zero attached hydrogens (tertiary/aromatic N) is 1. The zero-order chi connectivity index (χ0) is 16.0. The van der Waals surface area contributed by atoms with E-state index < -0.39 is 0 Å². The van der Waals surface area contributed by atoms with Crippen molar-refractivity contribution in [2.75, 3.05) is 4.90 Å². The molecule has 0 amide bonds. The van der Waals surface area contributed by atoms with E-state index in [9.17, 15) is 0 Å². The number of benzene rings is 3. The van der Waals surface area contributed by atoms with Crippen molar-refractivity contribution in [3.05, 3.63) is 89.5 Å². The Hall–Kier alpha value is -2.54. The first-order chi connectivity index (χ1) is 11.1. The molecule has 0 unspecified atom stereocenters. The second kappa shape index (κ2) is 4.99. The van der Waals surface area contributed by atoms with Crippen molar-refractivity contribution in [1.29, 1.82) is 0 Å². The van der Waals surface area contributed by atoms with E-state index in [0.717, 1.165) is 0 Å². The number of hydrogen-bond donors (Lipinski definition) is 0. The average Bonchev–Trinajstić information content (AvgIpc) is 2.57. The molecule has 4 rings (SSSR count). The molecule has 0 fully saturated rings. The van der Waals surface area contributed by atoms with Crippen molar-refractivity contribution in [2.45, 2.75) is 26.2 Å². The fourth-order valence-electron chi connectivity index (χ4n) is 3.77. The molecule has 3 aromatic carbocycles. The zero-order valence-electron chi connectivity index (χ0n) is 13.9. The van der Waals surface area contributed by atoms with Crippen LogP contribution >= 0.6 is 0 Å². The average molecular weight is 299 g/mol. The van der Waals surface area contributed by atoms with Gasteiger partial charge in [-0.1, -0.05) is 68.4 Å². The molecule has 1 aliphatic rings. The van der Waals surface area contributed by atoms with Crippen molar-refractivity contribution < 1.29 is 0 Å². The van der Waals surface area contributed by atoms with Gasteiger partial charge in [0.1, 0.15) is 0 Å². The third-order valence-corrected chi connectivity index (χ3v) is 4.97. The molecule has 1 heterocycles. The molecular formula is C22H21N. The molecule has 1 nitrogen and oxygen atoms in total. The first-order valence-corrected chi connectivity index (χ1v) is 8.15. The van der Waals surface area contributed by atoms with Crippen LogP contribution in [0.1, 0.15) is 30.5 Å². The van der Waals surface area contributed by atoms with Gasteiger partial charge in [-0.3, -0.25) is 0 Å². The molecule has 0 atom stereocenters. The van der Waals surface area contributed by atoms with E-state index in [-0.39, 0.29) is 5.41 Å². The van der Waals surface area contributed by atoms with Gasteiger partial charge in [-0.25, -0.2) is 0 Å². The summed E-state index contributed by atoms with van der Waals surface area (Å²) in [5, 5.41) is 0. The molecule has 1 heteroatoms. The summed E-state index contributed by atoms with van der Waals surface area (Å²) in [4.78, 5) is 2.41. The van der Waals surface area contributed by atoms with Crippen molar-refractivity contribution in [3.8, 4) is 0 Å². The Balaban J connectivity index is 2.09. The summed E-state index contributed by atoms with van der Waals surface area (Å²) in [6, 6.07) is 26.1. The number of rotatable bonds is 1. The SMILES string of the molecule is Cc1cccc2c1N(c1ccccc1)c1ccccc1C2(C)C. The highest BCUT2D eigenvalue weighted by molar-refractivity contribution is 5.87. The zero-order valence-corrected chi connectivity index (χ0v) is 13.9. The van der Waals surface area contributed by atoms with Gasteiger partial charge in [0, 0.05) is 11.1 Å². The largest absolute Gasteiger partial charge is 0.310 e. The minimum absolute atomic E-state index is 0.00320. The van der Waals surface area contributed by atoms with Gasteiger partial charge in [-0.15, -0.1) is 0 Å². The summed E-state index contributed by atoms with van der Waals surface area (Å²) in [5.41, 5.74) is 7.90. The van der Waals surface area contributed by atoms with E-state index in [0.29, 0.717) is 0 Å². The lowest BCUT2D eigenvalue weighted by Crippen LogP contribution is -2.31. The predicted molar refractivity (Wildman–Crippen MR) is 98.0 cm³/mol. The Morgan fingerprint density at radius 2 is 1.35 bits per heavy atom. The molecule has 1 aliphatic heterocycles. The van der Waals surface area contributed by atoms with Crippen LogP contribution in [0.2, 0.25) is 0 Å². The molecule has 0 N–H and O–H groups in total. The summed E-state index contributed by atoms with van der Waals surface area (Å²) in [6.45, 7) is 6.86. The van der Waals surface area contributed by atoms with Gasteiger partial charge in [-0.05, 0) is 41.8 Å². The van der Waals surface area contributed by atoms with Crippen LogP contribution in [0, 0.1) is 6.92 Å². The minimum Gasteiger partial charge on any atom is -0.310 e. The van der Waals surface area contributed by atoms with Crippen LogP contribution in [0.5, 0.6) is 0 Å². The second-order valence-corrected chi connectivity index (χ2v) is 6.78.